The van der Waals surface area contributed by atoms with Crippen molar-refractivity contribution in [2.24, 2.45) is 5.92 Å². The van der Waals surface area contributed by atoms with Gasteiger partial charge in [-0.05, 0) is 26.2 Å². The summed E-state index contributed by atoms with van der Waals surface area (Å²) in [5, 5.41) is 0. The molecule has 82 valence electrons. The number of hydrogen-bond acceptors (Lipinski definition) is 2. The van der Waals surface area contributed by atoms with Crippen LogP contribution >= 0.6 is 0 Å². The highest BCUT2D eigenvalue weighted by atomic mass is 16.5. The second-order valence-electron chi connectivity index (χ2n) is 4.58. The van der Waals surface area contributed by atoms with E-state index in [0.29, 0.717) is 6.42 Å². The quantitative estimate of drug-likeness (QED) is 0.648. The van der Waals surface area contributed by atoms with Gasteiger partial charge in [0.1, 0.15) is 0 Å². The van der Waals surface area contributed by atoms with E-state index >= 15 is 0 Å². The molecule has 0 heterocycles. The van der Waals surface area contributed by atoms with E-state index in [2.05, 4.69) is 0 Å². The minimum absolute atomic E-state index is 0.0226. The fourth-order valence-corrected chi connectivity index (χ4v) is 2.12. The third-order valence-electron chi connectivity index (χ3n) is 2.85. The highest BCUT2D eigenvalue weighted by molar-refractivity contribution is 5.69. The normalized spacial score (nSPS) is 18.5. The van der Waals surface area contributed by atoms with Crippen LogP contribution < -0.4 is 0 Å². The van der Waals surface area contributed by atoms with Gasteiger partial charge < -0.3 is 4.74 Å². The van der Waals surface area contributed by atoms with Crippen LogP contribution in [0, 0.1) is 5.92 Å². The maximum absolute atomic E-state index is 11.3. The summed E-state index contributed by atoms with van der Waals surface area (Å²) in [6.07, 6.45) is 8.40. The van der Waals surface area contributed by atoms with E-state index in [0.717, 1.165) is 12.3 Å². The molecule has 0 atom stereocenters. The Balaban J connectivity index is 2.09. The zero-order valence-electron chi connectivity index (χ0n) is 9.42. The molecule has 1 saturated carbocycles. The van der Waals surface area contributed by atoms with Crippen LogP contribution in [-0.4, -0.2) is 12.1 Å². The van der Waals surface area contributed by atoms with E-state index in [1.807, 2.05) is 13.8 Å². The molecule has 0 bridgehead atoms. The molecule has 0 spiro atoms. The third-order valence-corrected chi connectivity index (χ3v) is 2.85. The highest BCUT2D eigenvalue weighted by Crippen LogP contribution is 2.27. The summed E-state index contributed by atoms with van der Waals surface area (Å²) in [4.78, 5) is 11.3. The standard InChI is InChI=1S/C12H22O2/c1-10(2)14-12(13)9-8-11-6-4-3-5-7-11/h10-11H,3-9H2,1-2H3. The maximum Gasteiger partial charge on any atom is 0.306 e. The molecule has 0 N–H and O–H groups in total. The predicted octanol–water partition coefficient (Wildman–Crippen LogP) is 3.30. The lowest BCUT2D eigenvalue weighted by atomic mass is 9.86. The molecular weight excluding hydrogens is 176 g/mol. The molecule has 0 amide bonds. The van der Waals surface area contributed by atoms with Crippen LogP contribution in [0.15, 0.2) is 0 Å². The summed E-state index contributed by atoms with van der Waals surface area (Å²) in [6.45, 7) is 3.80. The van der Waals surface area contributed by atoms with Crippen LogP contribution in [0.5, 0.6) is 0 Å². The van der Waals surface area contributed by atoms with Gasteiger partial charge in [-0.1, -0.05) is 32.1 Å². The number of ether oxygens (including phenoxy) is 1. The predicted molar refractivity (Wildman–Crippen MR) is 57.0 cm³/mol. The van der Waals surface area contributed by atoms with Gasteiger partial charge in [0.15, 0.2) is 0 Å². The smallest absolute Gasteiger partial charge is 0.306 e. The largest absolute Gasteiger partial charge is 0.463 e. The lowest BCUT2D eigenvalue weighted by Gasteiger charge is -2.21. The first-order chi connectivity index (χ1) is 6.68. The average molecular weight is 198 g/mol. The molecule has 0 radical (unpaired) electrons. The number of hydrogen-bond donors (Lipinski definition) is 0. The highest BCUT2D eigenvalue weighted by Gasteiger charge is 2.15. The zero-order valence-corrected chi connectivity index (χ0v) is 9.42. The Labute approximate surface area is 87.0 Å². The molecule has 0 unspecified atom stereocenters. The minimum atomic E-state index is -0.0226. The molecule has 2 nitrogen and oxygen atoms in total. The van der Waals surface area contributed by atoms with Crippen LogP contribution in [0.1, 0.15) is 58.8 Å². The summed E-state index contributed by atoms with van der Waals surface area (Å²) < 4.78 is 5.10. The number of carbonyl (C=O) groups is 1. The van der Waals surface area contributed by atoms with Crippen molar-refractivity contribution in [1.29, 1.82) is 0 Å². The monoisotopic (exact) mass is 198 g/mol. The molecule has 0 aliphatic heterocycles. The number of rotatable bonds is 4. The molecule has 14 heavy (non-hydrogen) atoms. The first-order valence-corrected chi connectivity index (χ1v) is 5.88. The van der Waals surface area contributed by atoms with E-state index in [1.165, 1.54) is 32.1 Å². The van der Waals surface area contributed by atoms with E-state index in [4.69, 9.17) is 4.74 Å². The maximum atomic E-state index is 11.3. The van der Waals surface area contributed by atoms with Gasteiger partial charge in [-0.15, -0.1) is 0 Å². The van der Waals surface area contributed by atoms with Gasteiger partial charge >= 0.3 is 5.97 Å². The molecule has 1 rings (SSSR count). The van der Waals surface area contributed by atoms with Gasteiger partial charge in [0.05, 0.1) is 6.10 Å². The fourth-order valence-electron chi connectivity index (χ4n) is 2.12. The lowest BCUT2D eigenvalue weighted by Crippen LogP contribution is -2.14. The molecular formula is C12H22O2. The lowest BCUT2D eigenvalue weighted by molar-refractivity contribution is -0.147. The molecule has 1 aliphatic rings. The van der Waals surface area contributed by atoms with E-state index in [1.54, 1.807) is 0 Å². The summed E-state index contributed by atoms with van der Waals surface area (Å²) in [5.41, 5.74) is 0. The van der Waals surface area contributed by atoms with Crippen molar-refractivity contribution in [3.63, 3.8) is 0 Å². The van der Waals surface area contributed by atoms with Crippen molar-refractivity contribution in [2.75, 3.05) is 0 Å². The molecule has 0 saturated heterocycles. The second kappa shape index (κ2) is 6.05. The van der Waals surface area contributed by atoms with Gasteiger partial charge in [-0.25, -0.2) is 0 Å². The van der Waals surface area contributed by atoms with Crippen molar-refractivity contribution >= 4 is 5.97 Å². The molecule has 1 fully saturated rings. The second-order valence-corrected chi connectivity index (χ2v) is 4.58. The average Bonchev–Trinajstić information content (AvgIpc) is 2.15. The molecule has 2 heteroatoms. The minimum Gasteiger partial charge on any atom is -0.463 e. The molecule has 1 aliphatic carbocycles. The summed E-state index contributed by atoms with van der Waals surface area (Å²) in [5.74, 6) is 0.758. The Morgan fingerprint density at radius 3 is 2.50 bits per heavy atom. The van der Waals surface area contributed by atoms with Crippen LogP contribution in [0.25, 0.3) is 0 Å². The van der Waals surface area contributed by atoms with Crippen molar-refractivity contribution in [2.45, 2.75) is 64.9 Å². The summed E-state index contributed by atoms with van der Waals surface area (Å²) >= 11 is 0. The van der Waals surface area contributed by atoms with E-state index in [-0.39, 0.29) is 12.1 Å². The Morgan fingerprint density at radius 2 is 1.93 bits per heavy atom. The molecule has 0 aromatic rings. The first kappa shape index (κ1) is 11.5. The number of carbonyl (C=O) groups excluding carboxylic acids is 1. The Hall–Kier alpha value is -0.530. The van der Waals surface area contributed by atoms with Crippen molar-refractivity contribution in [1.82, 2.24) is 0 Å². The molecule has 0 aromatic carbocycles. The Morgan fingerprint density at radius 1 is 1.29 bits per heavy atom. The van der Waals surface area contributed by atoms with Crippen LogP contribution in [0.4, 0.5) is 0 Å². The van der Waals surface area contributed by atoms with Crippen LogP contribution in [-0.2, 0) is 9.53 Å². The number of esters is 1. The summed E-state index contributed by atoms with van der Waals surface area (Å²) in [7, 11) is 0. The molecule has 0 aromatic heterocycles. The zero-order chi connectivity index (χ0) is 10.4. The van der Waals surface area contributed by atoms with Gasteiger partial charge in [-0.2, -0.15) is 0 Å². The van der Waals surface area contributed by atoms with Gasteiger partial charge in [0.2, 0.25) is 0 Å². The first-order valence-electron chi connectivity index (χ1n) is 5.88. The van der Waals surface area contributed by atoms with Crippen molar-refractivity contribution < 1.29 is 9.53 Å². The van der Waals surface area contributed by atoms with Crippen molar-refractivity contribution in [3.05, 3.63) is 0 Å². The van der Waals surface area contributed by atoms with Gasteiger partial charge in [-0.3, -0.25) is 4.79 Å². The Kier molecular flexibility index (Phi) is 4.99. The third kappa shape index (κ3) is 4.64. The van der Waals surface area contributed by atoms with Crippen molar-refractivity contribution in [3.8, 4) is 0 Å². The fraction of sp³-hybridized carbons (Fsp3) is 0.917. The SMILES string of the molecule is CC(C)OC(=O)CCC1CCCCC1. The Bertz CT molecular complexity index is 169. The van der Waals surface area contributed by atoms with Gasteiger partial charge in [0, 0.05) is 6.42 Å². The van der Waals surface area contributed by atoms with Gasteiger partial charge in [0.25, 0.3) is 0 Å². The van der Waals surface area contributed by atoms with E-state index in [9.17, 15) is 4.79 Å². The van der Waals surface area contributed by atoms with E-state index < -0.39 is 0 Å². The summed E-state index contributed by atoms with van der Waals surface area (Å²) in [6, 6.07) is 0. The topological polar surface area (TPSA) is 26.3 Å². The van der Waals surface area contributed by atoms with Crippen LogP contribution in [0.2, 0.25) is 0 Å². The van der Waals surface area contributed by atoms with Crippen LogP contribution in [0.3, 0.4) is 0 Å².